The second-order valence-corrected chi connectivity index (χ2v) is 6.20. The van der Waals surface area contributed by atoms with Crippen LogP contribution in [0.1, 0.15) is 19.8 Å². The normalized spacial score (nSPS) is 22.5. The number of nitrogens with zero attached hydrogens (tertiary/aromatic N) is 3. The van der Waals surface area contributed by atoms with Gasteiger partial charge in [0.15, 0.2) is 5.75 Å². The van der Waals surface area contributed by atoms with Crippen LogP contribution in [0.2, 0.25) is 0 Å². The first kappa shape index (κ1) is 13.4. The van der Waals surface area contributed by atoms with Gasteiger partial charge >= 0.3 is 0 Å². The Balaban J connectivity index is 2.57. The van der Waals surface area contributed by atoms with Crippen LogP contribution in [0.4, 0.5) is 0 Å². The number of sulfonamides is 1. The van der Waals surface area contributed by atoms with Gasteiger partial charge in [-0.2, -0.15) is 5.26 Å². The minimum atomic E-state index is -3.38. The number of hydrogen-bond acceptors (Lipinski definition) is 4. The molecule has 1 atom stereocenters. The molecule has 1 unspecified atom stereocenters. The summed E-state index contributed by atoms with van der Waals surface area (Å²) in [6.45, 7) is 4.59. The third-order valence-corrected chi connectivity index (χ3v) is 4.69. The van der Waals surface area contributed by atoms with E-state index in [-0.39, 0.29) is 0 Å². The maximum absolute atomic E-state index is 11.6. The summed E-state index contributed by atoms with van der Waals surface area (Å²) in [6.07, 6.45) is 2.17. The molecule has 0 aromatic carbocycles. The van der Waals surface area contributed by atoms with Gasteiger partial charge in [0.25, 0.3) is 0 Å². The highest BCUT2D eigenvalue weighted by molar-refractivity contribution is 7.89. The highest BCUT2D eigenvalue weighted by atomic mass is 32.2. The standard InChI is InChI=1S/C10H19N3O2S/c1-3-13-7-4-5-10(13)9-12(2)16(14,15)8-6-11/h10H,3-5,7-9H2,1-2H3. The molecule has 0 aromatic heterocycles. The molecule has 1 fully saturated rings. The van der Waals surface area contributed by atoms with Crippen LogP contribution < -0.4 is 0 Å². The van der Waals surface area contributed by atoms with Crippen LogP contribution in [0.3, 0.4) is 0 Å². The zero-order valence-corrected chi connectivity index (χ0v) is 10.7. The van der Waals surface area contributed by atoms with Crippen LogP contribution in [0.5, 0.6) is 0 Å². The van der Waals surface area contributed by atoms with E-state index in [1.165, 1.54) is 4.31 Å². The van der Waals surface area contributed by atoms with Gasteiger partial charge in [-0.15, -0.1) is 0 Å². The third-order valence-electron chi connectivity index (χ3n) is 3.09. The summed E-state index contributed by atoms with van der Waals surface area (Å²) in [6, 6.07) is 2.00. The van der Waals surface area contributed by atoms with Crippen molar-refractivity contribution in [2.45, 2.75) is 25.8 Å². The highest BCUT2D eigenvalue weighted by Gasteiger charge is 2.27. The first-order chi connectivity index (χ1) is 7.51. The van der Waals surface area contributed by atoms with Crippen molar-refractivity contribution in [2.75, 3.05) is 32.4 Å². The average Bonchev–Trinajstić information content (AvgIpc) is 2.65. The van der Waals surface area contributed by atoms with Gasteiger partial charge in [0.1, 0.15) is 0 Å². The van der Waals surface area contributed by atoms with Gasteiger partial charge in [0, 0.05) is 19.6 Å². The van der Waals surface area contributed by atoms with Gasteiger partial charge in [-0.25, -0.2) is 12.7 Å². The van der Waals surface area contributed by atoms with Crippen LogP contribution in [0.15, 0.2) is 0 Å². The summed E-state index contributed by atoms with van der Waals surface area (Å²) in [5, 5.41) is 8.44. The van der Waals surface area contributed by atoms with Crippen molar-refractivity contribution in [3.8, 4) is 6.07 Å². The molecule has 0 aliphatic carbocycles. The molecule has 6 heteroatoms. The van der Waals surface area contributed by atoms with E-state index >= 15 is 0 Å². The van der Waals surface area contributed by atoms with E-state index in [9.17, 15) is 8.42 Å². The molecule has 0 saturated carbocycles. The third kappa shape index (κ3) is 3.17. The molecule has 0 spiro atoms. The molecular formula is C10H19N3O2S. The first-order valence-corrected chi connectivity index (χ1v) is 7.17. The Morgan fingerprint density at radius 1 is 1.56 bits per heavy atom. The van der Waals surface area contributed by atoms with Gasteiger partial charge in [-0.1, -0.05) is 6.92 Å². The molecule has 1 saturated heterocycles. The molecule has 1 heterocycles. The molecular weight excluding hydrogens is 226 g/mol. The number of likely N-dealkylation sites (N-methyl/N-ethyl adjacent to an activating group) is 2. The molecule has 92 valence electrons. The largest absolute Gasteiger partial charge is 0.299 e. The van der Waals surface area contributed by atoms with Crippen molar-refractivity contribution in [3.05, 3.63) is 0 Å². The smallest absolute Gasteiger partial charge is 0.227 e. The van der Waals surface area contributed by atoms with Crippen LogP contribution in [0.25, 0.3) is 0 Å². The van der Waals surface area contributed by atoms with Crippen LogP contribution in [-0.4, -0.2) is 56.1 Å². The van der Waals surface area contributed by atoms with Gasteiger partial charge < -0.3 is 0 Å². The van der Waals surface area contributed by atoms with Gasteiger partial charge in [-0.05, 0) is 25.9 Å². The number of hydrogen-bond donors (Lipinski definition) is 0. The van der Waals surface area contributed by atoms with E-state index in [1.807, 2.05) is 0 Å². The number of likely N-dealkylation sites (tertiary alicyclic amines) is 1. The highest BCUT2D eigenvalue weighted by Crippen LogP contribution is 2.18. The quantitative estimate of drug-likeness (QED) is 0.697. The van der Waals surface area contributed by atoms with E-state index in [1.54, 1.807) is 13.1 Å². The Morgan fingerprint density at radius 3 is 2.81 bits per heavy atom. The van der Waals surface area contributed by atoms with Crippen molar-refractivity contribution in [1.82, 2.24) is 9.21 Å². The summed E-state index contributed by atoms with van der Waals surface area (Å²) in [5.74, 6) is -0.428. The Kier molecular flexibility index (Phi) is 4.71. The minimum absolute atomic E-state index is 0.309. The number of nitriles is 1. The van der Waals surface area contributed by atoms with E-state index in [0.717, 1.165) is 25.9 Å². The summed E-state index contributed by atoms with van der Waals surface area (Å²) in [7, 11) is -1.83. The molecule has 0 N–H and O–H groups in total. The van der Waals surface area contributed by atoms with E-state index in [2.05, 4.69) is 11.8 Å². The van der Waals surface area contributed by atoms with Gasteiger partial charge in [0.2, 0.25) is 10.0 Å². The first-order valence-electron chi connectivity index (χ1n) is 5.56. The average molecular weight is 245 g/mol. The molecule has 0 radical (unpaired) electrons. The molecule has 0 amide bonds. The second kappa shape index (κ2) is 5.62. The molecule has 0 bridgehead atoms. The maximum atomic E-state index is 11.6. The van der Waals surface area contributed by atoms with Crippen molar-refractivity contribution < 1.29 is 8.42 Å². The molecule has 1 rings (SSSR count). The van der Waals surface area contributed by atoms with Crippen LogP contribution in [-0.2, 0) is 10.0 Å². The monoisotopic (exact) mass is 245 g/mol. The topological polar surface area (TPSA) is 64.4 Å². The summed E-state index contributed by atoms with van der Waals surface area (Å²) in [5.41, 5.74) is 0. The van der Waals surface area contributed by atoms with Gasteiger partial charge in [-0.3, -0.25) is 4.90 Å². The zero-order valence-electron chi connectivity index (χ0n) is 9.89. The Morgan fingerprint density at radius 2 is 2.25 bits per heavy atom. The fourth-order valence-electron chi connectivity index (χ4n) is 2.12. The van der Waals surface area contributed by atoms with Gasteiger partial charge in [0.05, 0.1) is 6.07 Å². The lowest BCUT2D eigenvalue weighted by molar-refractivity contribution is 0.238. The second-order valence-electron chi connectivity index (χ2n) is 4.12. The van der Waals surface area contributed by atoms with Crippen molar-refractivity contribution >= 4 is 10.0 Å². The van der Waals surface area contributed by atoms with Crippen LogP contribution in [0, 0.1) is 11.3 Å². The zero-order chi connectivity index (χ0) is 12.2. The molecule has 1 aliphatic rings. The predicted molar refractivity (Wildman–Crippen MR) is 62.3 cm³/mol. The lowest BCUT2D eigenvalue weighted by Crippen LogP contribution is -2.41. The predicted octanol–water partition coefficient (Wildman–Crippen LogP) is 0.256. The minimum Gasteiger partial charge on any atom is -0.299 e. The van der Waals surface area contributed by atoms with Crippen molar-refractivity contribution in [3.63, 3.8) is 0 Å². The molecule has 5 nitrogen and oxygen atoms in total. The van der Waals surface area contributed by atoms with Crippen molar-refractivity contribution in [1.29, 1.82) is 5.26 Å². The van der Waals surface area contributed by atoms with E-state index < -0.39 is 15.8 Å². The number of rotatable bonds is 5. The maximum Gasteiger partial charge on any atom is 0.227 e. The van der Waals surface area contributed by atoms with E-state index in [4.69, 9.17) is 5.26 Å². The SMILES string of the molecule is CCN1CCCC1CN(C)S(=O)(=O)CC#N. The summed E-state index contributed by atoms with van der Waals surface area (Å²) in [4.78, 5) is 2.29. The lowest BCUT2D eigenvalue weighted by atomic mass is 10.2. The van der Waals surface area contributed by atoms with E-state index in [0.29, 0.717) is 12.6 Å². The molecule has 0 aromatic rings. The summed E-state index contributed by atoms with van der Waals surface area (Å²) >= 11 is 0. The Labute approximate surface area is 97.7 Å². The van der Waals surface area contributed by atoms with Crippen molar-refractivity contribution in [2.24, 2.45) is 0 Å². The lowest BCUT2D eigenvalue weighted by Gasteiger charge is -2.26. The summed E-state index contributed by atoms with van der Waals surface area (Å²) < 4.78 is 24.5. The fraction of sp³-hybridized carbons (Fsp3) is 0.900. The Bertz CT molecular complexity index is 361. The molecule has 16 heavy (non-hydrogen) atoms. The van der Waals surface area contributed by atoms with Crippen LogP contribution >= 0.6 is 0 Å². The molecule has 1 aliphatic heterocycles. The fourth-order valence-corrected chi connectivity index (χ4v) is 2.90. The Hall–Kier alpha value is -0.640.